The number of carbonyl (C=O) groups is 1. The molecule has 2 nitrogen and oxygen atoms in total. The second kappa shape index (κ2) is 6.45. The minimum absolute atomic E-state index is 0.196. The summed E-state index contributed by atoms with van der Waals surface area (Å²) in [5, 5.41) is 3.02. The van der Waals surface area contributed by atoms with Crippen molar-refractivity contribution in [2.45, 2.75) is 11.2 Å². The minimum atomic E-state index is 0.196. The topological polar surface area (TPSA) is 29.1 Å². The smallest absolute Gasteiger partial charge is 0.224 e. The number of hydrogen-bond acceptors (Lipinski definition) is 2. The first-order valence-corrected chi connectivity index (χ1v) is 7.89. The van der Waals surface area contributed by atoms with Gasteiger partial charge >= 0.3 is 0 Å². The summed E-state index contributed by atoms with van der Waals surface area (Å²) in [6, 6.07) is 10.2. The van der Waals surface area contributed by atoms with E-state index in [0.717, 1.165) is 17.9 Å². The van der Waals surface area contributed by atoms with Crippen LogP contribution in [0.4, 0.5) is 0 Å². The molecule has 1 N–H and O–H groups in total. The summed E-state index contributed by atoms with van der Waals surface area (Å²) in [5.41, 5.74) is 1.20. The number of halogens is 1. The quantitative estimate of drug-likeness (QED) is 0.866. The van der Waals surface area contributed by atoms with Crippen molar-refractivity contribution in [1.29, 1.82) is 0 Å². The Balaban J connectivity index is 1.80. The van der Waals surface area contributed by atoms with E-state index in [9.17, 15) is 4.79 Å². The van der Waals surface area contributed by atoms with Crippen molar-refractivity contribution >= 4 is 33.6 Å². The lowest BCUT2D eigenvalue weighted by atomic mass is 10.1. The van der Waals surface area contributed by atoms with Crippen molar-refractivity contribution in [3.8, 4) is 0 Å². The van der Waals surface area contributed by atoms with Gasteiger partial charge in [-0.3, -0.25) is 4.79 Å². The van der Waals surface area contributed by atoms with Gasteiger partial charge in [-0.15, -0.1) is 0 Å². The second-order valence-electron chi connectivity index (χ2n) is 4.18. The van der Waals surface area contributed by atoms with E-state index in [4.69, 9.17) is 0 Å². The summed E-state index contributed by atoms with van der Waals surface area (Å²) in [6.45, 7) is 0.657. The number of nitrogens with one attached hydrogen (secondary N) is 1. The van der Waals surface area contributed by atoms with Crippen LogP contribution in [0.25, 0.3) is 0 Å². The summed E-state index contributed by atoms with van der Waals surface area (Å²) in [7, 11) is 0. The predicted molar refractivity (Wildman–Crippen MR) is 76.6 cm³/mol. The highest BCUT2D eigenvalue weighted by Crippen LogP contribution is 2.24. The molecule has 0 saturated carbocycles. The molecule has 1 aliphatic heterocycles. The molecule has 4 heteroatoms. The average molecular weight is 314 g/mol. The molecule has 0 aromatic heterocycles. The lowest BCUT2D eigenvalue weighted by molar-refractivity contribution is -0.124. The van der Waals surface area contributed by atoms with Gasteiger partial charge in [-0.2, -0.15) is 11.8 Å². The van der Waals surface area contributed by atoms with E-state index in [1.54, 1.807) is 0 Å². The summed E-state index contributed by atoms with van der Waals surface area (Å²) >= 11 is 5.47. The fourth-order valence-corrected chi connectivity index (χ4v) is 3.54. The molecule has 1 aromatic carbocycles. The van der Waals surface area contributed by atoms with E-state index < -0.39 is 0 Å². The van der Waals surface area contributed by atoms with Crippen molar-refractivity contribution in [2.24, 2.45) is 5.92 Å². The van der Waals surface area contributed by atoms with Gasteiger partial charge in [0.2, 0.25) is 5.91 Å². The van der Waals surface area contributed by atoms with Gasteiger partial charge in [0.15, 0.2) is 0 Å². The monoisotopic (exact) mass is 313 g/mol. The Bertz CT molecular complexity index is 365. The zero-order valence-corrected chi connectivity index (χ0v) is 12.0. The van der Waals surface area contributed by atoms with E-state index in [1.165, 1.54) is 5.56 Å². The highest BCUT2D eigenvalue weighted by molar-refractivity contribution is 9.09. The maximum atomic E-state index is 11.8. The van der Waals surface area contributed by atoms with Crippen LogP contribution in [0.15, 0.2) is 30.3 Å². The maximum Gasteiger partial charge on any atom is 0.224 e. The van der Waals surface area contributed by atoms with Crippen LogP contribution in [-0.4, -0.2) is 24.0 Å². The van der Waals surface area contributed by atoms with Crippen molar-refractivity contribution < 1.29 is 4.79 Å². The van der Waals surface area contributed by atoms with Gasteiger partial charge < -0.3 is 5.32 Å². The minimum Gasteiger partial charge on any atom is -0.354 e. The Morgan fingerprint density at radius 3 is 2.88 bits per heavy atom. The highest BCUT2D eigenvalue weighted by atomic mass is 79.9. The summed E-state index contributed by atoms with van der Waals surface area (Å²) in [5.74, 6) is 2.52. The third-order valence-electron chi connectivity index (χ3n) is 2.92. The van der Waals surface area contributed by atoms with Crippen molar-refractivity contribution in [2.75, 3.05) is 18.1 Å². The zero-order chi connectivity index (χ0) is 12.1. The molecule has 1 aromatic rings. The molecule has 17 heavy (non-hydrogen) atoms. The molecular formula is C13H16BrNOS. The molecule has 1 amide bonds. The summed E-state index contributed by atoms with van der Waals surface area (Å²) < 4.78 is 0. The third kappa shape index (κ3) is 3.75. The van der Waals surface area contributed by atoms with Gasteiger partial charge in [-0.1, -0.05) is 46.3 Å². The lowest BCUT2D eigenvalue weighted by Gasteiger charge is -2.14. The van der Waals surface area contributed by atoms with Gasteiger partial charge in [0.05, 0.1) is 4.83 Å². The molecule has 1 fully saturated rings. The molecule has 2 rings (SSSR count). The first-order valence-electron chi connectivity index (χ1n) is 5.82. The number of rotatable bonds is 4. The molecule has 0 bridgehead atoms. The first kappa shape index (κ1) is 13.0. The van der Waals surface area contributed by atoms with Crippen LogP contribution in [0.3, 0.4) is 0 Å². The van der Waals surface area contributed by atoms with Crippen molar-refractivity contribution in [1.82, 2.24) is 5.32 Å². The Hall–Kier alpha value is -0.480. The number of amides is 1. The molecule has 0 radical (unpaired) electrons. The van der Waals surface area contributed by atoms with E-state index >= 15 is 0 Å². The van der Waals surface area contributed by atoms with Crippen LogP contribution in [0.5, 0.6) is 0 Å². The number of hydrogen-bond donors (Lipinski definition) is 1. The van der Waals surface area contributed by atoms with Crippen LogP contribution in [0.2, 0.25) is 0 Å². The van der Waals surface area contributed by atoms with E-state index in [0.29, 0.717) is 6.54 Å². The fraction of sp³-hybridized carbons (Fsp3) is 0.462. The fourth-order valence-electron chi connectivity index (χ4n) is 1.86. The molecule has 1 saturated heterocycles. The van der Waals surface area contributed by atoms with Gasteiger partial charge in [0.1, 0.15) is 0 Å². The molecule has 1 aliphatic rings. The van der Waals surface area contributed by atoms with Gasteiger partial charge in [0, 0.05) is 18.2 Å². The maximum absolute atomic E-state index is 11.8. The van der Waals surface area contributed by atoms with Crippen LogP contribution < -0.4 is 5.32 Å². The Morgan fingerprint density at radius 2 is 2.24 bits per heavy atom. The third-order valence-corrected chi connectivity index (χ3v) is 4.93. The van der Waals surface area contributed by atoms with Crippen molar-refractivity contribution in [3.05, 3.63) is 35.9 Å². The molecule has 0 spiro atoms. The van der Waals surface area contributed by atoms with Gasteiger partial charge in [-0.25, -0.2) is 0 Å². The normalized spacial score (nSPS) is 21.1. The Kier molecular flexibility index (Phi) is 4.92. The predicted octanol–water partition coefficient (Wildman–Crippen LogP) is 2.99. The highest BCUT2D eigenvalue weighted by Gasteiger charge is 2.23. The van der Waals surface area contributed by atoms with Gasteiger partial charge in [-0.05, 0) is 17.7 Å². The molecule has 92 valence electrons. The van der Waals surface area contributed by atoms with Crippen LogP contribution >= 0.6 is 27.7 Å². The van der Waals surface area contributed by atoms with Crippen LogP contribution in [-0.2, 0) is 4.79 Å². The second-order valence-corrected chi connectivity index (χ2v) is 6.44. The largest absolute Gasteiger partial charge is 0.354 e. The molecule has 2 atom stereocenters. The van der Waals surface area contributed by atoms with Crippen LogP contribution in [0.1, 0.15) is 16.8 Å². The molecule has 0 aliphatic carbocycles. The Labute approximate surface area is 115 Å². The Morgan fingerprint density at radius 1 is 1.47 bits per heavy atom. The van der Waals surface area contributed by atoms with E-state index in [1.807, 2.05) is 30.0 Å². The molecule has 1 heterocycles. The zero-order valence-electron chi connectivity index (χ0n) is 9.56. The van der Waals surface area contributed by atoms with E-state index in [2.05, 4.69) is 33.4 Å². The van der Waals surface area contributed by atoms with Crippen molar-refractivity contribution in [3.63, 3.8) is 0 Å². The first-order chi connectivity index (χ1) is 8.27. The van der Waals surface area contributed by atoms with E-state index in [-0.39, 0.29) is 16.7 Å². The summed E-state index contributed by atoms with van der Waals surface area (Å²) in [4.78, 5) is 12.0. The number of carbonyl (C=O) groups excluding carboxylic acids is 1. The number of thioether (sulfide) groups is 1. The number of alkyl halides is 1. The lowest BCUT2D eigenvalue weighted by Crippen LogP contribution is -2.32. The number of benzene rings is 1. The van der Waals surface area contributed by atoms with Crippen LogP contribution in [0, 0.1) is 5.92 Å². The molecular weight excluding hydrogens is 298 g/mol. The molecule has 2 unspecified atom stereocenters. The SMILES string of the molecule is O=C(NCC(Br)c1ccccc1)C1CCSC1. The average Bonchev–Trinajstić information content (AvgIpc) is 2.90. The standard InChI is InChI=1S/C13H16BrNOS/c14-12(10-4-2-1-3-5-10)8-15-13(16)11-6-7-17-9-11/h1-5,11-12H,6-9H2,(H,15,16). The van der Waals surface area contributed by atoms with Gasteiger partial charge in [0.25, 0.3) is 0 Å². The summed E-state index contributed by atoms with van der Waals surface area (Å²) in [6.07, 6.45) is 1.02.